The molecule has 2 heteroatoms. The molecular weight excluding hydrogens is 344 g/mol. The second kappa shape index (κ2) is 18.4. The number of carbonyl (C=O) groups excluding carboxylic acids is 2. The molecule has 0 radical (unpaired) electrons. The quantitative estimate of drug-likeness (QED) is 0.206. The molecule has 0 rings (SSSR count). The van der Waals surface area contributed by atoms with E-state index in [2.05, 4.69) is 59.8 Å². The van der Waals surface area contributed by atoms with Gasteiger partial charge in [0.2, 0.25) is 0 Å². The van der Waals surface area contributed by atoms with E-state index in [1.54, 1.807) is 19.9 Å². The van der Waals surface area contributed by atoms with Crippen molar-refractivity contribution in [3.63, 3.8) is 0 Å². The van der Waals surface area contributed by atoms with Crippen molar-refractivity contribution in [2.24, 2.45) is 0 Å². The third-order valence-electron chi connectivity index (χ3n) is 3.88. The highest BCUT2D eigenvalue weighted by Crippen LogP contribution is 2.08. The van der Waals surface area contributed by atoms with E-state index >= 15 is 0 Å². The summed E-state index contributed by atoms with van der Waals surface area (Å²) in [7, 11) is 0. The average Bonchev–Trinajstić information content (AvgIpc) is 2.54. The van der Waals surface area contributed by atoms with Gasteiger partial charge in [0.15, 0.2) is 5.78 Å². The van der Waals surface area contributed by atoms with Crippen molar-refractivity contribution in [3.8, 4) is 0 Å². The van der Waals surface area contributed by atoms with Gasteiger partial charge in [0.1, 0.15) is 5.78 Å². The zero-order valence-electron chi connectivity index (χ0n) is 19.5. The van der Waals surface area contributed by atoms with E-state index in [4.69, 9.17) is 0 Å². The number of hydrogen-bond acceptors (Lipinski definition) is 2. The van der Waals surface area contributed by atoms with Crippen LogP contribution in [0.2, 0.25) is 0 Å². The smallest absolute Gasteiger partial charge is 0.152 e. The van der Waals surface area contributed by atoms with Gasteiger partial charge in [-0.05, 0) is 93.6 Å². The molecule has 0 aromatic heterocycles. The number of ketones is 2. The summed E-state index contributed by atoms with van der Waals surface area (Å²) in [6, 6.07) is 0. The van der Waals surface area contributed by atoms with Gasteiger partial charge >= 0.3 is 0 Å². The summed E-state index contributed by atoms with van der Waals surface area (Å²) in [5.74, 6) is 0.372. The zero-order chi connectivity index (χ0) is 21.9. The lowest BCUT2D eigenvalue weighted by molar-refractivity contribution is -0.117. The molecule has 0 fully saturated rings. The van der Waals surface area contributed by atoms with Crippen LogP contribution in [-0.2, 0) is 9.59 Å². The summed E-state index contributed by atoms with van der Waals surface area (Å²) in [6.45, 7) is 15.9. The third-order valence-corrected chi connectivity index (χ3v) is 3.88. The molecule has 2 nitrogen and oxygen atoms in total. The summed E-state index contributed by atoms with van der Waals surface area (Å²) >= 11 is 0. The van der Waals surface area contributed by atoms with Crippen LogP contribution in [0.25, 0.3) is 0 Å². The molecule has 158 valence electrons. The first kappa shape index (κ1) is 28.3. The number of Topliss-reactive ketones (excluding diaryl/α,β-unsaturated/α-hetero) is 1. The molecule has 0 aliphatic carbocycles. The molecular formula is C26H42O2. The SMILES string of the molecule is CC(=O)/C=C/C=C(\C)CCC=C(C)C.CC(=O)CC/C=C(\C)CCC=C(C)C. The fraction of sp³-hybridized carbons (Fsp3) is 0.538. The van der Waals surface area contributed by atoms with Crippen LogP contribution in [0.1, 0.15) is 93.9 Å². The second-order valence-corrected chi connectivity index (χ2v) is 7.91. The van der Waals surface area contributed by atoms with Crippen molar-refractivity contribution in [1.82, 2.24) is 0 Å². The number of allylic oxidation sites excluding steroid dienone is 10. The van der Waals surface area contributed by atoms with Gasteiger partial charge in [-0.2, -0.15) is 0 Å². The Morgan fingerprint density at radius 3 is 1.50 bits per heavy atom. The molecule has 0 unspecified atom stereocenters. The van der Waals surface area contributed by atoms with Crippen LogP contribution in [0.3, 0.4) is 0 Å². The minimum atomic E-state index is 0.0957. The molecule has 0 aromatic carbocycles. The van der Waals surface area contributed by atoms with E-state index < -0.39 is 0 Å². The predicted octanol–water partition coefficient (Wildman–Crippen LogP) is 7.87. The van der Waals surface area contributed by atoms with E-state index in [1.165, 1.54) is 22.3 Å². The Balaban J connectivity index is 0. The maximum absolute atomic E-state index is 10.7. The summed E-state index contributed by atoms with van der Waals surface area (Å²) in [5, 5.41) is 0. The Kier molecular flexibility index (Phi) is 18.6. The molecule has 0 N–H and O–H groups in total. The Morgan fingerprint density at radius 2 is 1.07 bits per heavy atom. The van der Waals surface area contributed by atoms with Crippen LogP contribution in [0.15, 0.2) is 58.7 Å². The molecule has 0 heterocycles. The van der Waals surface area contributed by atoms with Gasteiger partial charge in [0.25, 0.3) is 0 Å². The molecule has 0 aliphatic rings. The average molecular weight is 387 g/mol. The van der Waals surface area contributed by atoms with E-state index in [-0.39, 0.29) is 11.6 Å². The Bertz CT molecular complexity index is 602. The highest BCUT2D eigenvalue weighted by atomic mass is 16.1. The highest BCUT2D eigenvalue weighted by Gasteiger charge is 1.92. The van der Waals surface area contributed by atoms with Crippen molar-refractivity contribution in [1.29, 1.82) is 0 Å². The first-order valence-electron chi connectivity index (χ1n) is 10.3. The third kappa shape index (κ3) is 26.3. The largest absolute Gasteiger partial charge is 0.300 e. The molecule has 0 aromatic rings. The van der Waals surface area contributed by atoms with Crippen LogP contribution < -0.4 is 0 Å². The van der Waals surface area contributed by atoms with Crippen LogP contribution in [-0.4, -0.2) is 11.6 Å². The summed E-state index contributed by atoms with van der Waals surface area (Å²) in [5.41, 5.74) is 5.43. The molecule has 0 saturated carbocycles. The number of carbonyl (C=O) groups is 2. The van der Waals surface area contributed by atoms with E-state index in [0.29, 0.717) is 6.42 Å². The molecule has 0 amide bonds. The predicted molar refractivity (Wildman–Crippen MR) is 125 cm³/mol. The monoisotopic (exact) mass is 386 g/mol. The second-order valence-electron chi connectivity index (χ2n) is 7.91. The highest BCUT2D eigenvalue weighted by molar-refractivity contribution is 5.87. The minimum absolute atomic E-state index is 0.0957. The van der Waals surface area contributed by atoms with E-state index in [1.807, 2.05) is 12.2 Å². The first-order valence-corrected chi connectivity index (χ1v) is 10.3. The number of hydrogen-bond donors (Lipinski definition) is 0. The molecule has 0 atom stereocenters. The lowest BCUT2D eigenvalue weighted by Crippen LogP contribution is -1.87. The van der Waals surface area contributed by atoms with Gasteiger partial charge in [-0.3, -0.25) is 4.79 Å². The van der Waals surface area contributed by atoms with Gasteiger partial charge in [-0.15, -0.1) is 0 Å². The Morgan fingerprint density at radius 1 is 0.607 bits per heavy atom. The lowest BCUT2D eigenvalue weighted by atomic mass is 10.1. The normalized spacial score (nSPS) is 11.6. The van der Waals surface area contributed by atoms with Gasteiger partial charge in [0.05, 0.1) is 0 Å². The molecule has 0 spiro atoms. The molecule has 0 saturated heterocycles. The Hall–Kier alpha value is -1.96. The maximum Gasteiger partial charge on any atom is 0.152 e. The molecule has 0 aliphatic heterocycles. The van der Waals surface area contributed by atoms with Crippen LogP contribution in [0, 0.1) is 0 Å². The fourth-order valence-electron chi connectivity index (χ4n) is 2.23. The zero-order valence-corrected chi connectivity index (χ0v) is 19.5. The van der Waals surface area contributed by atoms with E-state index in [0.717, 1.165) is 32.1 Å². The van der Waals surface area contributed by atoms with Gasteiger partial charge in [-0.25, -0.2) is 0 Å². The summed E-state index contributed by atoms with van der Waals surface area (Å²) in [6.07, 6.45) is 18.0. The Labute approximate surface area is 174 Å². The number of rotatable bonds is 11. The van der Waals surface area contributed by atoms with Crippen molar-refractivity contribution < 1.29 is 9.59 Å². The summed E-state index contributed by atoms with van der Waals surface area (Å²) < 4.78 is 0. The fourth-order valence-corrected chi connectivity index (χ4v) is 2.23. The van der Waals surface area contributed by atoms with Gasteiger partial charge in [-0.1, -0.05) is 52.7 Å². The topological polar surface area (TPSA) is 34.1 Å². The van der Waals surface area contributed by atoms with E-state index in [9.17, 15) is 9.59 Å². The van der Waals surface area contributed by atoms with Crippen molar-refractivity contribution in [2.45, 2.75) is 93.9 Å². The van der Waals surface area contributed by atoms with Crippen molar-refractivity contribution in [2.75, 3.05) is 0 Å². The van der Waals surface area contributed by atoms with Gasteiger partial charge < -0.3 is 4.79 Å². The maximum atomic E-state index is 10.7. The summed E-state index contributed by atoms with van der Waals surface area (Å²) in [4.78, 5) is 21.3. The standard InChI is InChI=1S/C13H22O.C13H20O/c2*1-11(2)7-5-8-12(3)9-6-10-13(4)14/h7,9H,5-6,8,10H2,1-4H3;6-7,9-10H,5,8H2,1-4H3/b12-9+;10-6+,12-9+. The molecule has 28 heavy (non-hydrogen) atoms. The van der Waals surface area contributed by atoms with Crippen LogP contribution in [0.4, 0.5) is 0 Å². The van der Waals surface area contributed by atoms with Gasteiger partial charge in [0, 0.05) is 6.42 Å². The lowest BCUT2D eigenvalue weighted by Gasteiger charge is -1.98. The first-order chi connectivity index (χ1) is 13.0. The molecule has 0 bridgehead atoms. The van der Waals surface area contributed by atoms with Crippen molar-refractivity contribution >= 4 is 11.6 Å². The van der Waals surface area contributed by atoms with Crippen LogP contribution in [0.5, 0.6) is 0 Å². The van der Waals surface area contributed by atoms with Crippen molar-refractivity contribution in [3.05, 3.63) is 58.7 Å². The van der Waals surface area contributed by atoms with Crippen LogP contribution >= 0.6 is 0 Å². The minimum Gasteiger partial charge on any atom is -0.300 e.